The molecule has 0 bridgehead atoms. The number of hydrogen-bond donors (Lipinski definition) is 0. The Labute approximate surface area is 117 Å². The van der Waals surface area contributed by atoms with E-state index in [1.165, 1.54) is 19.0 Å². The van der Waals surface area contributed by atoms with Crippen LogP contribution in [0.1, 0.15) is 13.3 Å². The summed E-state index contributed by atoms with van der Waals surface area (Å²) in [5, 5.41) is 0. The molecule has 0 rings (SSSR count). The molecule has 10 heteroatoms. The maximum Gasteiger partial charge on any atom is 0.469 e. The van der Waals surface area contributed by atoms with Crippen molar-refractivity contribution in [1.29, 1.82) is 0 Å². The average molecular weight is 327 g/mol. The molecule has 0 fully saturated rings. The predicted octanol–water partition coefficient (Wildman–Crippen LogP) is 3.62. The van der Waals surface area contributed by atoms with Crippen molar-refractivity contribution in [3.8, 4) is 0 Å². The lowest BCUT2D eigenvalue weighted by molar-refractivity contribution is -0.384. The molecular formula is C11H16F7NO2. The Morgan fingerprint density at radius 3 is 1.86 bits per heavy atom. The Morgan fingerprint density at radius 2 is 1.52 bits per heavy atom. The molecule has 0 aromatic carbocycles. The van der Waals surface area contributed by atoms with Crippen molar-refractivity contribution in [3.63, 3.8) is 0 Å². The number of methoxy groups -OCH3 is 1. The van der Waals surface area contributed by atoms with Crippen molar-refractivity contribution < 1.29 is 40.2 Å². The predicted molar refractivity (Wildman–Crippen MR) is 59.9 cm³/mol. The van der Waals surface area contributed by atoms with E-state index >= 15 is 0 Å². The van der Waals surface area contributed by atoms with Crippen molar-refractivity contribution in [2.24, 2.45) is 0 Å². The van der Waals surface area contributed by atoms with Gasteiger partial charge in [0.1, 0.15) is 5.60 Å². The lowest BCUT2D eigenvalue weighted by Crippen LogP contribution is -2.59. The largest absolute Gasteiger partial charge is 0.469 e. The van der Waals surface area contributed by atoms with Crippen LogP contribution in [0.15, 0.2) is 12.1 Å². The van der Waals surface area contributed by atoms with Crippen LogP contribution in [0.4, 0.5) is 30.7 Å². The normalized spacial score (nSPS) is 15.8. The fourth-order valence-electron chi connectivity index (χ4n) is 1.35. The topological polar surface area (TPSA) is 21.7 Å². The number of halogens is 7. The summed E-state index contributed by atoms with van der Waals surface area (Å²) in [6, 6.07) is -3.06. The number of alkyl halides is 4. The minimum atomic E-state index is -5.52. The van der Waals surface area contributed by atoms with E-state index in [-0.39, 0.29) is 6.54 Å². The van der Waals surface area contributed by atoms with Gasteiger partial charge >= 0.3 is 24.1 Å². The van der Waals surface area contributed by atoms with Gasteiger partial charge in [0.2, 0.25) is 0 Å². The molecule has 1 atom stereocenters. The highest BCUT2D eigenvalue weighted by atomic mass is 19.3. The smallest absolute Gasteiger partial charge is 0.398 e. The average Bonchev–Trinajstić information content (AvgIpc) is 2.34. The van der Waals surface area contributed by atoms with Gasteiger partial charge in [-0.3, -0.25) is 0 Å². The first-order chi connectivity index (χ1) is 9.30. The van der Waals surface area contributed by atoms with Gasteiger partial charge in [-0.1, -0.05) is 0 Å². The van der Waals surface area contributed by atoms with Crippen LogP contribution in [0.3, 0.4) is 0 Å². The Bertz CT molecular complexity index is 383. The van der Waals surface area contributed by atoms with E-state index < -0.39 is 36.1 Å². The fraction of sp³-hybridized carbons (Fsp3) is 0.818. The summed E-state index contributed by atoms with van der Waals surface area (Å²) in [6.45, 7) is 0.590. The van der Waals surface area contributed by atoms with Gasteiger partial charge in [-0.2, -0.15) is 30.7 Å². The molecule has 1 unspecified atom stereocenters. The molecule has 3 nitrogen and oxygen atoms in total. The molecule has 0 amide bonds. The second kappa shape index (κ2) is 6.82. The molecule has 0 N–H and O–H groups in total. The number of hydrogen-bond acceptors (Lipinski definition) is 3. The third-order valence-corrected chi connectivity index (χ3v) is 2.88. The molecule has 0 aromatic heterocycles. The summed E-state index contributed by atoms with van der Waals surface area (Å²) in [5.41, 5.74) is -2.76. The second-order valence-corrected chi connectivity index (χ2v) is 4.72. The minimum absolute atomic E-state index is 0.0637. The van der Waals surface area contributed by atoms with Gasteiger partial charge in [0.25, 0.3) is 0 Å². The standard InChI is InChI=1S/C11H16F7NO2/c1-9(20-4,5-6-19(2)3)10(15,16)11(17,18)21-8(14)7(12)13/h5-6H2,1-4H3. The molecule has 0 aliphatic rings. The minimum Gasteiger partial charge on any atom is -0.398 e. The van der Waals surface area contributed by atoms with Gasteiger partial charge in [0, 0.05) is 13.7 Å². The summed E-state index contributed by atoms with van der Waals surface area (Å²) in [6.07, 6.45) is -9.36. The van der Waals surface area contributed by atoms with Crippen molar-refractivity contribution in [2.45, 2.75) is 31.0 Å². The lowest BCUT2D eigenvalue weighted by Gasteiger charge is -2.39. The van der Waals surface area contributed by atoms with Gasteiger partial charge in [-0.15, -0.1) is 0 Å². The van der Waals surface area contributed by atoms with Crippen LogP contribution < -0.4 is 0 Å². The molecule has 0 saturated carbocycles. The zero-order chi connectivity index (χ0) is 17.1. The summed E-state index contributed by atoms with van der Waals surface area (Å²) in [7, 11) is 3.76. The number of ether oxygens (including phenoxy) is 2. The van der Waals surface area contributed by atoms with Crippen LogP contribution in [-0.2, 0) is 9.47 Å². The van der Waals surface area contributed by atoms with Gasteiger partial charge in [0.15, 0.2) is 0 Å². The van der Waals surface area contributed by atoms with E-state index in [0.29, 0.717) is 6.92 Å². The summed E-state index contributed by atoms with van der Waals surface area (Å²) < 4.78 is 97.5. The first-order valence-electron chi connectivity index (χ1n) is 5.66. The maximum atomic E-state index is 13.9. The lowest BCUT2D eigenvalue weighted by atomic mass is 9.92. The van der Waals surface area contributed by atoms with Crippen molar-refractivity contribution in [3.05, 3.63) is 12.1 Å². The molecule has 0 spiro atoms. The van der Waals surface area contributed by atoms with Crippen LogP contribution >= 0.6 is 0 Å². The maximum absolute atomic E-state index is 13.9. The summed E-state index contributed by atoms with van der Waals surface area (Å²) in [4.78, 5) is 1.42. The molecule has 126 valence electrons. The SMILES string of the molecule is COC(C)(CCN(C)C)C(F)(F)C(F)(F)OC(F)=C(F)F. The molecule has 0 heterocycles. The van der Waals surface area contributed by atoms with E-state index in [1.54, 1.807) is 0 Å². The van der Waals surface area contributed by atoms with Gasteiger partial charge < -0.3 is 14.4 Å². The Morgan fingerprint density at radius 1 is 1.05 bits per heavy atom. The highest BCUT2D eigenvalue weighted by Gasteiger charge is 2.70. The molecule has 0 aliphatic carbocycles. The molecule has 0 aromatic rings. The molecule has 0 aliphatic heterocycles. The van der Waals surface area contributed by atoms with Crippen LogP contribution in [0.5, 0.6) is 0 Å². The van der Waals surface area contributed by atoms with Crippen LogP contribution in [0.25, 0.3) is 0 Å². The third-order valence-electron chi connectivity index (χ3n) is 2.88. The monoisotopic (exact) mass is 327 g/mol. The van der Waals surface area contributed by atoms with E-state index in [2.05, 4.69) is 9.47 Å². The Hall–Kier alpha value is -1.03. The van der Waals surface area contributed by atoms with E-state index in [1.807, 2.05) is 0 Å². The quantitative estimate of drug-likeness (QED) is 0.502. The second-order valence-electron chi connectivity index (χ2n) is 4.72. The van der Waals surface area contributed by atoms with Crippen molar-refractivity contribution in [1.82, 2.24) is 4.90 Å². The van der Waals surface area contributed by atoms with Crippen LogP contribution in [-0.4, -0.2) is 50.3 Å². The molecular weight excluding hydrogens is 311 g/mol. The number of nitrogens with zero attached hydrogens (tertiary/aromatic N) is 1. The van der Waals surface area contributed by atoms with Crippen LogP contribution in [0.2, 0.25) is 0 Å². The zero-order valence-electron chi connectivity index (χ0n) is 11.8. The van der Waals surface area contributed by atoms with Gasteiger partial charge in [-0.25, -0.2) is 0 Å². The van der Waals surface area contributed by atoms with E-state index in [0.717, 1.165) is 7.11 Å². The Balaban J connectivity index is 5.41. The van der Waals surface area contributed by atoms with Crippen LogP contribution in [0, 0.1) is 0 Å². The first kappa shape index (κ1) is 20.0. The van der Waals surface area contributed by atoms with Gasteiger partial charge in [0.05, 0.1) is 0 Å². The Kier molecular flexibility index (Phi) is 6.49. The fourth-order valence-corrected chi connectivity index (χ4v) is 1.35. The van der Waals surface area contributed by atoms with Crippen molar-refractivity contribution >= 4 is 0 Å². The highest BCUT2D eigenvalue weighted by Crippen LogP contribution is 2.47. The third kappa shape index (κ3) is 4.47. The van der Waals surface area contributed by atoms with Crippen molar-refractivity contribution in [2.75, 3.05) is 27.7 Å². The van der Waals surface area contributed by atoms with Gasteiger partial charge in [-0.05, 0) is 27.4 Å². The number of rotatable bonds is 8. The summed E-state index contributed by atoms with van der Waals surface area (Å²) in [5.74, 6) is -5.06. The zero-order valence-corrected chi connectivity index (χ0v) is 11.8. The molecule has 21 heavy (non-hydrogen) atoms. The van der Waals surface area contributed by atoms with E-state index in [9.17, 15) is 30.7 Å². The summed E-state index contributed by atoms with van der Waals surface area (Å²) >= 11 is 0. The van der Waals surface area contributed by atoms with E-state index in [4.69, 9.17) is 0 Å². The molecule has 0 radical (unpaired) electrons. The highest BCUT2D eigenvalue weighted by molar-refractivity contribution is 4.99. The first-order valence-corrected chi connectivity index (χ1v) is 5.66. The molecule has 0 saturated heterocycles.